The number of anilines is 2. The van der Waals surface area contributed by atoms with Crippen molar-refractivity contribution in [3.8, 4) is 17.0 Å². The van der Waals surface area contributed by atoms with Gasteiger partial charge in [-0.2, -0.15) is 5.10 Å². The van der Waals surface area contributed by atoms with Gasteiger partial charge >= 0.3 is 0 Å². The van der Waals surface area contributed by atoms with Crippen molar-refractivity contribution in [3.63, 3.8) is 0 Å². The molecule has 10 nitrogen and oxygen atoms in total. The lowest BCUT2D eigenvalue weighted by Gasteiger charge is -2.25. The molecule has 1 aliphatic heterocycles. The van der Waals surface area contributed by atoms with Gasteiger partial charge in [-0.3, -0.25) is 24.2 Å². The second kappa shape index (κ2) is 11.0. The zero-order chi connectivity index (χ0) is 29.5. The Balaban J connectivity index is 1.16. The first-order chi connectivity index (χ1) is 20.2. The van der Waals surface area contributed by atoms with E-state index in [0.29, 0.717) is 36.3 Å². The van der Waals surface area contributed by atoms with Gasteiger partial charge in [-0.25, -0.2) is 23.1 Å². The van der Waals surface area contributed by atoms with E-state index < -0.39 is 29.3 Å². The van der Waals surface area contributed by atoms with Gasteiger partial charge in [-0.15, -0.1) is 0 Å². The molecule has 1 N–H and O–H groups in total. The van der Waals surface area contributed by atoms with Crippen LogP contribution in [0.5, 0.6) is 5.75 Å². The van der Waals surface area contributed by atoms with Crippen LogP contribution < -0.4 is 15.0 Å². The van der Waals surface area contributed by atoms with Gasteiger partial charge < -0.3 is 10.1 Å². The number of nitrogens with zero attached hydrogens (tertiary/aromatic N) is 6. The summed E-state index contributed by atoms with van der Waals surface area (Å²) >= 11 is 5.80. The summed E-state index contributed by atoms with van der Waals surface area (Å²) in [6, 6.07) is 3.82. The van der Waals surface area contributed by atoms with Gasteiger partial charge in [0.1, 0.15) is 5.69 Å². The molecule has 0 bridgehead atoms. The van der Waals surface area contributed by atoms with E-state index in [1.54, 1.807) is 28.0 Å². The average molecular weight is 598 g/mol. The minimum atomic E-state index is -3.00. The highest BCUT2D eigenvalue weighted by molar-refractivity contribution is 6.31. The van der Waals surface area contributed by atoms with Gasteiger partial charge in [-0.05, 0) is 36.5 Å². The Morgan fingerprint density at radius 1 is 1.21 bits per heavy atom. The number of methoxy groups -OCH3 is 1. The molecule has 14 heteroatoms. The molecule has 6 rings (SSSR count). The SMILES string of the molecule is COc1cc(Cn2cc(NC(=O)c3cncc(-c4c(C(F)F)ccc(Cl)c4F)n3)cn2)cnc1N1C[C@H]2CC[C@H]2C1=O. The third-order valence-corrected chi connectivity index (χ3v) is 7.80. The van der Waals surface area contributed by atoms with Gasteiger partial charge in [-0.1, -0.05) is 17.7 Å². The largest absolute Gasteiger partial charge is 0.493 e. The molecule has 42 heavy (non-hydrogen) atoms. The fraction of sp³-hybridized carbons (Fsp3) is 0.286. The molecule has 0 radical (unpaired) electrons. The quantitative estimate of drug-likeness (QED) is 0.299. The molecule has 1 aliphatic carbocycles. The lowest BCUT2D eigenvalue weighted by molar-refractivity contribution is -0.123. The van der Waals surface area contributed by atoms with Crippen LogP contribution in [0.1, 0.15) is 40.9 Å². The van der Waals surface area contributed by atoms with Crippen LogP contribution in [0.3, 0.4) is 0 Å². The first-order valence-corrected chi connectivity index (χ1v) is 13.4. The van der Waals surface area contributed by atoms with Crippen LogP contribution in [0.2, 0.25) is 5.02 Å². The molecule has 1 saturated heterocycles. The Hall–Kier alpha value is -4.52. The van der Waals surface area contributed by atoms with Crippen molar-refractivity contribution in [1.82, 2.24) is 24.7 Å². The number of alkyl halides is 2. The predicted molar refractivity (Wildman–Crippen MR) is 146 cm³/mol. The molecule has 4 heterocycles. The average Bonchev–Trinajstić information content (AvgIpc) is 3.49. The summed E-state index contributed by atoms with van der Waals surface area (Å²) in [4.78, 5) is 39.7. The molecular formula is C28H23ClF3N7O3. The number of carbonyl (C=O) groups is 2. The normalized spacial score (nSPS) is 17.8. The fourth-order valence-electron chi connectivity index (χ4n) is 5.25. The number of hydrogen-bond donors (Lipinski definition) is 1. The third-order valence-electron chi connectivity index (χ3n) is 7.50. The number of pyridine rings is 1. The van der Waals surface area contributed by atoms with Gasteiger partial charge in [0, 0.05) is 36.0 Å². The molecule has 3 aromatic heterocycles. The molecule has 2 atom stereocenters. The Morgan fingerprint density at radius 3 is 2.74 bits per heavy atom. The fourth-order valence-corrected chi connectivity index (χ4v) is 5.40. The van der Waals surface area contributed by atoms with Gasteiger partial charge in [0.15, 0.2) is 17.4 Å². The Morgan fingerprint density at radius 2 is 2.05 bits per heavy atom. The van der Waals surface area contributed by atoms with E-state index in [1.807, 2.05) is 0 Å². The van der Waals surface area contributed by atoms with Crippen molar-refractivity contribution in [3.05, 3.63) is 76.8 Å². The van der Waals surface area contributed by atoms with E-state index >= 15 is 0 Å². The standard InChI is InChI=1S/C28H23ClF3N7O3/c1-42-22-6-14(7-34-26(22)39-12-15-2-3-17(15)28(39)41)11-38-13-16(8-35-38)36-27(40)21-10-33-9-20(37-21)23-18(25(31)32)4-5-19(29)24(23)30/h4-10,13,15,17,25H,2-3,11-12H2,1H3,(H,36,40)/t15-,17-/m1/s1. The maximum atomic E-state index is 14.7. The van der Waals surface area contributed by atoms with E-state index in [-0.39, 0.29) is 28.2 Å². The van der Waals surface area contributed by atoms with Crippen LogP contribution in [0.25, 0.3) is 11.3 Å². The number of hydrogen-bond acceptors (Lipinski definition) is 7. The number of benzene rings is 1. The highest BCUT2D eigenvalue weighted by Gasteiger charge is 2.47. The Kier molecular flexibility index (Phi) is 7.27. The summed E-state index contributed by atoms with van der Waals surface area (Å²) in [5.74, 6) is -0.274. The first kappa shape index (κ1) is 27.6. The lowest BCUT2D eigenvalue weighted by atomic mass is 9.76. The maximum Gasteiger partial charge on any atom is 0.275 e. The van der Waals surface area contributed by atoms with Crippen molar-refractivity contribution in [2.45, 2.75) is 25.8 Å². The number of rotatable bonds is 8. The van der Waals surface area contributed by atoms with Crippen molar-refractivity contribution in [2.24, 2.45) is 11.8 Å². The zero-order valence-corrected chi connectivity index (χ0v) is 22.9. The summed E-state index contributed by atoms with van der Waals surface area (Å²) in [5, 5.41) is 6.51. The molecule has 4 aromatic rings. The molecule has 2 amide bonds. The summed E-state index contributed by atoms with van der Waals surface area (Å²) in [5.41, 5.74) is -0.560. The summed E-state index contributed by atoms with van der Waals surface area (Å²) < 4.78 is 48.9. The number of carbonyl (C=O) groups excluding carboxylic acids is 2. The van der Waals surface area contributed by atoms with Gasteiger partial charge in [0.05, 0.1) is 48.6 Å². The van der Waals surface area contributed by atoms with Crippen molar-refractivity contribution in [1.29, 1.82) is 0 Å². The van der Waals surface area contributed by atoms with Crippen LogP contribution in [0.4, 0.5) is 24.7 Å². The Bertz CT molecular complexity index is 1700. The van der Waals surface area contributed by atoms with Crippen molar-refractivity contribution >= 4 is 34.9 Å². The zero-order valence-electron chi connectivity index (χ0n) is 22.1. The smallest absolute Gasteiger partial charge is 0.275 e. The van der Waals surface area contributed by atoms with Gasteiger partial charge in [0.2, 0.25) is 5.91 Å². The molecule has 2 aliphatic rings. The molecule has 0 unspecified atom stereocenters. The number of ether oxygens (including phenoxy) is 1. The highest BCUT2D eigenvalue weighted by atomic mass is 35.5. The van der Waals surface area contributed by atoms with Crippen LogP contribution >= 0.6 is 11.6 Å². The summed E-state index contributed by atoms with van der Waals surface area (Å²) in [7, 11) is 1.52. The second-order valence-corrected chi connectivity index (χ2v) is 10.5. The number of halogens is 4. The molecule has 216 valence electrons. The van der Waals surface area contributed by atoms with E-state index in [2.05, 4.69) is 25.4 Å². The van der Waals surface area contributed by atoms with Crippen LogP contribution in [0.15, 0.2) is 49.2 Å². The molecule has 0 spiro atoms. The highest BCUT2D eigenvalue weighted by Crippen LogP contribution is 2.44. The van der Waals surface area contributed by atoms with E-state index in [9.17, 15) is 22.8 Å². The second-order valence-electron chi connectivity index (χ2n) is 10.1. The van der Waals surface area contributed by atoms with E-state index in [0.717, 1.165) is 42.9 Å². The van der Waals surface area contributed by atoms with Crippen molar-refractivity contribution in [2.75, 3.05) is 23.9 Å². The van der Waals surface area contributed by atoms with Crippen molar-refractivity contribution < 1.29 is 27.5 Å². The number of fused-ring (bicyclic) bond motifs is 1. The topological polar surface area (TPSA) is 115 Å². The monoisotopic (exact) mass is 597 g/mol. The molecule has 1 aromatic carbocycles. The predicted octanol–water partition coefficient (Wildman–Crippen LogP) is 5.15. The van der Waals surface area contributed by atoms with E-state index in [4.69, 9.17) is 16.3 Å². The molecule has 1 saturated carbocycles. The minimum Gasteiger partial charge on any atom is -0.493 e. The minimum absolute atomic E-state index is 0.0791. The van der Waals surface area contributed by atoms with Crippen LogP contribution in [0, 0.1) is 17.7 Å². The number of nitrogens with one attached hydrogen (secondary N) is 1. The van der Waals surface area contributed by atoms with Crippen LogP contribution in [-0.4, -0.2) is 50.2 Å². The molecule has 2 fully saturated rings. The van der Waals surface area contributed by atoms with E-state index in [1.165, 1.54) is 13.3 Å². The number of aromatic nitrogens is 5. The number of amides is 2. The molecular weight excluding hydrogens is 575 g/mol. The first-order valence-electron chi connectivity index (χ1n) is 13.0. The summed E-state index contributed by atoms with van der Waals surface area (Å²) in [6.45, 7) is 0.932. The lowest BCUT2D eigenvalue weighted by Crippen LogP contribution is -2.29. The third kappa shape index (κ3) is 5.04. The maximum absolute atomic E-state index is 14.7. The van der Waals surface area contributed by atoms with Gasteiger partial charge in [0.25, 0.3) is 12.3 Å². The Labute approximate surface area is 242 Å². The van der Waals surface area contributed by atoms with Crippen LogP contribution in [-0.2, 0) is 11.3 Å². The summed E-state index contributed by atoms with van der Waals surface area (Å²) in [6.07, 6.45) is 5.80.